The van der Waals surface area contributed by atoms with Crippen molar-refractivity contribution in [3.8, 4) is 0 Å². The quantitative estimate of drug-likeness (QED) is 0.341. The third kappa shape index (κ3) is 2.38. The van der Waals surface area contributed by atoms with Gasteiger partial charge in [0.15, 0.2) is 0 Å². The average molecular weight is 128 g/mol. The molecule has 4 nitrogen and oxygen atoms in total. The van der Waals surface area contributed by atoms with E-state index in [1.807, 2.05) is 0 Å². The van der Waals surface area contributed by atoms with Gasteiger partial charge in [-0.05, 0) is 12.3 Å². The molecule has 0 aromatic carbocycles. The minimum absolute atomic E-state index is 0.0162. The second-order valence-electron chi connectivity index (χ2n) is 1.29. The minimum Gasteiger partial charge on any atom is -0.478 e. The molecule has 4 heteroatoms. The smallest absolute Gasteiger partial charge is 0.337 e. The van der Waals surface area contributed by atoms with Crippen LogP contribution in [0.4, 0.5) is 0 Å². The molecular formula is C5H8N2O2. The zero-order valence-electron chi connectivity index (χ0n) is 4.74. The predicted octanol–water partition coefficient (Wildman–Crippen LogP) is -0.614. The molecule has 9 heavy (non-hydrogen) atoms. The van der Waals surface area contributed by atoms with Crippen LogP contribution in [0.1, 0.15) is 0 Å². The number of nitrogens with two attached hydrogens (primary N) is 2. The Balaban J connectivity index is 4.19. The van der Waals surface area contributed by atoms with Gasteiger partial charge in [0.05, 0.1) is 5.57 Å². The Labute approximate surface area is 52.5 Å². The third-order valence-electron chi connectivity index (χ3n) is 0.702. The summed E-state index contributed by atoms with van der Waals surface area (Å²) in [4.78, 5) is 10.1. The van der Waals surface area contributed by atoms with Crippen LogP contribution in [-0.4, -0.2) is 11.1 Å². The number of carbonyl (C=O) groups is 1. The van der Waals surface area contributed by atoms with Crippen LogP contribution < -0.4 is 11.5 Å². The van der Waals surface area contributed by atoms with Gasteiger partial charge in [-0.3, -0.25) is 0 Å². The number of rotatable bonds is 2. The van der Waals surface area contributed by atoms with Crippen molar-refractivity contribution in [1.29, 1.82) is 0 Å². The molecule has 50 valence electrons. The molecule has 0 saturated heterocycles. The van der Waals surface area contributed by atoms with Crippen molar-refractivity contribution < 1.29 is 9.90 Å². The molecular weight excluding hydrogens is 120 g/mol. The van der Waals surface area contributed by atoms with Gasteiger partial charge in [-0.2, -0.15) is 0 Å². The van der Waals surface area contributed by atoms with E-state index in [0.29, 0.717) is 0 Å². The number of hydrogen-bond acceptors (Lipinski definition) is 3. The zero-order valence-corrected chi connectivity index (χ0v) is 4.74. The lowest BCUT2D eigenvalue weighted by molar-refractivity contribution is -0.132. The molecule has 0 atom stereocenters. The Morgan fingerprint density at radius 3 is 2.11 bits per heavy atom. The van der Waals surface area contributed by atoms with Gasteiger partial charge in [-0.1, -0.05) is 0 Å². The highest BCUT2D eigenvalue weighted by Gasteiger charge is 1.98. The Kier molecular flexibility index (Phi) is 2.97. The number of hydrogen-bond donors (Lipinski definition) is 3. The van der Waals surface area contributed by atoms with E-state index >= 15 is 0 Å². The van der Waals surface area contributed by atoms with E-state index in [1.165, 1.54) is 6.08 Å². The first kappa shape index (κ1) is 7.55. The van der Waals surface area contributed by atoms with Crippen LogP contribution in [0.3, 0.4) is 0 Å². The maximum atomic E-state index is 10.1. The second-order valence-corrected chi connectivity index (χ2v) is 1.29. The summed E-state index contributed by atoms with van der Waals surface area (Å²) in [6.45, 7) is 0. The van der Waals surface area contributed by atoms with Gasteiger partial charge in [-0.25, -0.2) is 4.79 Å². The molecule has 0 amide bonds. The first-order chi connectivity index (χ1) is 4.22. The van der Waals surface area contributed by atoms with Gasteiger partial charge >= 0.3 is 5.97 Å². The molecule has 0 spiro atoms. The number of carboxylic acid groups (broad SMARTS) is 1. The SMILES string of the molecule is N/C=C\C(=C\N)C(=O)O. The fourth-order valence-corrected chi connectivity index (χ4v) is 0.302. The molecule has 0 saturated carbocycles. The summed E-state index contributed by atoms with van der Waals surface area (Å²) >= 11 is 0. The second kappa shape index (κ2) is 3.54. The van der Waals surface area contributed by atoms with Gasteiger partial charge in [-0.15, -0.1) is 0 Å². The molecule has 0 aliphatic heterocycles. The topological polar surface area (TPSA) is 89.3 Å². The summed E-state index contributed by atoms with van der Waals surface area (Å²) in [5.41, 5.74) is 9.80. The van der Waals surface area contributed by atoms with Crippen LogP contribution in [-0.2, 0) is 4.79 Å². The minimum atomic E-state index is -1.08. The monoisotopic (exact) mass is 128 g/mol. The maximum Gasteiger partial charge on any atom is 0.337 e. The normalized spacial score (nSPS) is 12.2. The Morgan fingerprint density at radius 2 is 2.00 bits per heavy atom. The summed E-state index contributed by atoms with van der Waals surface area (Å²) < 4.78 is 0. The summed E-state index contributed by atoms with van der Waals surface area (Å²) in [5.74, 6) is -1.08. The van der Waals surface area contributed by atoms with Crippen molar-refractivity contribution in [1.82, 2.24) is 0 Å². The Bertz CT molecular complexity index is 160. The molecule has 0 heterocycles. The summed E-state index contributed by atoms with van der Waals surface area (Å²) in [7, 11) is 0. The summed E-state index contributed by atoms with van der Waals surface area (Å²) in [5, 5.41) is 8.25. The molecule has 0 aromatic rings. The number of aliphatic carboxylic acids is 1. The third-order valence-corrected chi connectivity index (χ3v) is 0.702. The van der Waals surface area contributed by atoms with Crippen LogP contribution >= 0.6 is 0 Å². The Hall–Kier alpha value is -1.45. The zero-order chi connectivity index (χ0) is 7.28. The van der Waals surface area contributed by atoms with Crippen LogP contribution in [0.15, 0.2) is 24.0 Å². The fraction of sp³-hybridized carbons (Fsp3) is 0. The van der Waals surface area contributed by atoms with E-state index < -0.39 is 5.97 Å². The maximum absolute atomic E-state index is 10.1. The van der Waals surface area contributed by atoms with Gasteiger partial charge < -0.3 is 16.6 Å². The van der Waals surface area contributed by atoms with E-state index in [0.717, 1.165) is 12.4 Å². The molecule has 0 unspecified atom stereocenters. The number of carboxylic acids is 1. The van der Waals surface area contributed by atoms with Crippen molar-refractivity contribution in [3.63, 3.8) is 0 Å². The van der Waals surface area contributed by atoms with Gasteiger partial charge in [0.2, 0.25) is 0 Å². The van der Waals surface area contributed by atoms with Crippen molar-refractivity contribution in [2.24, 2.45) is 11.5 Å². The van der Waals surface area contributed by atoms with E-state index in [1.54, 1.807) is 0 Å². The van der Waals surface area contributed by atoms with Gasteiger partial charge in [0.1, 0.15) is 0 Å². The van der Waals surface area contributed by atoms with Crippen molar-refractivity contribution in [3.05, 3.63) is 24.0 Å². The molecule has 5 N–H and O–H groups in total. The Morgan fingerprint density at radius 1 is 1.44 bits per heavy atom. The highest BCUT2D eigenvalue weighted by molar-refractivity contribution is 5.89. The van der Waals surface area contributed by atoms with Gasteiger partial charge in [0, 0.05) is 6.20 Å². The lowest BCUT2D eigenvalue weighted by Gasteiger charge is -1.88. The molecule has 0 bridgehead atoms. The van der Waals surface area contributed by atoms with Crippen LogP contribution in [0, 0.1) is 0 Å². The van der Waals surface area contributed by atoms with E-state index in [9.17, 15) is 4.79 Å². The van der Waals surface area contributed by atoms with E-state index in [4.69, 9.17) is 16.6 Å². The first-order valence-corrected chi connectivity index (χ1v) is 2.26. The van der Waals surface area contributed by atoms with E-state index in [-0.39, 0.29) is 5.57 Å². The van der Waals surface area contributed by atoms with Crippen LogP contribution in [0.5, 0.6) is 0 Å². The molecule has 0 aliphatic carbocycles. The van der Waals surface area contributed by atoms with Gasteiger partial charge in [0.25, 0.3) is 0 Å². The lowest BCUT2D eigenvalue weighted by atomic mass is 10.3. The summed E-state index contributed by atoms with van der Waals surface area (Å²) in [6.07, 6.45) is 3.31. The van der Waals surface area contributed by atoms with Crippen molar-refractivity contribution in [2.45, 2.75) is 0 Å². The molecule has 0 aliphatic rings. The molecule has 0 aromatic heterocycles. The van der Waals surface area contributed by atoms with Crippen LogP contribution in [0.2, 0.25) is 0 Å². The standard InChI is InChI=1S/C5H8N2O2/c6-2-1-4(3-7)5(8)9/h1-3H,6-7H2,(H,8,9)/b2-1-,4-3-. The molecule has 0 rings (SSSR count). The fourth-order valence-electron chi connectivity index (χ4n) is 0.302. The first-order valence-electron chi connectivity index (χ1n) is 2.26. The average Bonchev–Trinajstić information content (AvgIpc) is 1.82. The molecule has 0 radical (unpaired) electrons. The van der Waals surface area contributed by atoms with Crippen LogP contribution in [0.25, 0.3) is 0 Å². The highest BCUT2D eigenvalue weighted by atomic mass is 16.4. The van der Waals surface area contributed by atoms with Crippen molar-refractivity contribution >= 4 is 5.97 Å². The van der Waals surface area contributed by atoms with E-state index in [2.05, 4.69) is 0 Å². The lowest BCUT2D eigenvalue weighted by Crippen LogP contribution is -2.00. The van der Waals surface area contributed by atoms with Crippen molar-refractivity contribution in [2.75, 3.05) is 0 Å². The largest absolute Gasteiger partial charge is 0.478 e. The molecule has 0 fully saturated rings. The summed E-state index contributed by atoms with van der Waals surface area (Å²) in [6, 6.07) is 0. The predicted molar refractivity (Wildman–Crippen MR) is 33.2 cm³/mol. The highest BCUT2D eigenvalue weighted by Crippen LogP contribution is 1.91.